The number of carbonyl (C=O) groups excluding carboxylic acids is 2. The van der Waals surface area contributed by atoms with Crippen LogP contribution in [0, 0.1) is 6.92 Å². The molecule has 2 aliphatic rings. The van der Waals surface area contributed by atoms with Gasteiger partial charge >= 0.3 is 0 Å². The summed E-state index contributed by atoms with van der Waals surface area (Å²) in [5.74, 6) is -0.0263. The zero-order chi connectivity index (χ0) is 28.6. The first-order valence-corrected chi connectivity index (χ1v) is 15.0. The molecule has 3 heterocycles. The lowest BCUT2D eigenvalue weighted by molar-refractivity contribution is -0.122. The standard InChI is InChI=1S/C34H42N4O3/c1-26-12-13-28(22-32(26)36-17-8-9-18-36)34(40)37-19-6-4-3-5-7-20-38(33(39)25-41-2)31-15-14-27(21-30(31)24-37)29-11-10-16-35-23-29/h10-16,21-23H,3-9,17-20,24-25H2,1-2H3. The Morgan fingerprint density at radius 1 is 0.829 bits per heavy atom. The number of nitrogens with zero attached hydrogens (tertiary/aromatic N) is 4. The molecule has 41 heavy (non-hydrogen) atoms. The van der Waals surface area contributed by atoms with Crippen molar-refractivity contribution in [3.63, 3.8) is 0 Å². The highest BCUT2D eigenvalue weighted by atomic mass is 16.5. The van der Waals surface area contributed by atoms with Gasteiger partial charge in [-0.05, 0) is 85.2 Å². The van der Waals surface area contributed by atoms with Crippen LogP contribution in [0.25, 0.3) is 11.1 Å². The number of ether oxygens (including phenoxy) is 1. The molecular formula is C34H42N4O3. The quantitative estimate of drug-likeness (QED) is 0.373. The molecule has 5 rings (SSSR count). The van der Waals surface area contributed by atoms with Gasteiger partial charge in [0.25, 0.3) is 11.8 Å². The van der Waals surface area contributed by atoms with Gasteiger partial charge in [-0.25, -0.2) is 0 Å². The summed E-state index contributed by atoms with van der Waals surface area (Å²) in [5, 5.41) is 0. The van der Waals surface area contributed by atoms with E-state index in [0.29, 0.717) is 19.6 Å². The average molecular weight is 555 g/mol. The topological polar surface area (TPSA) is 66.0 Å². The molecule has 2 aromatic carbocycles. The number of aromatic nitrogens is 1. The van der Waals surface area contributed by atoms with Gasteiger partial charge in [0.2, 0.25) is 0 Å². The molecule has 2 aliphatic heterocycles. The van der Waals surface area contributed by atoms with Gasteiger partial charge in [0.05, 0.1) is 0 Å². The summed E-state index contributed by atoms with van der Waals surface area (Å²) in [6.07, 6.45) is 11.1. The van der Waals surface area contributed by atoms with Crippen LogP contribution in [0.4, 0.5) is 11.4 Å². The number of anilines is 2. The number of aryl methyl sites for hydroxylation is 1. The van der Waals surface area contributed by atoms with Gasteiger partial charge in [0, 0.05) is 69.2 Å². The zero-order valence-electron chi connectivity index (χ0n) is 24.5. The molecule has 0 unspecified atom stereocenters. The SMILES string of the molecule is COCC(=O)N1CCCCCCCN(C(=O)c2ccc(C)c(N3CCCC3)c2)Cc2cc(-c3cccnc3)ccc21. The van der Waals surface area contributed by atoms with E-state index in [0.717, 1.165) is 73.1 Å². The summed E-state index contributed by atoms with van der Waals surface area (Å²) in [6, 6.07) is 16.3. The van der Waals surface area contributed by atoms with E-state index >= 15 is 0 Å². The Labute approximate surface area is 244 Å². The van der Waals surface area contributed by atoms with E-state index in [1.807, 2.05) is 46.3 Å². The number of benzene rings is 2. The van der Waals surface area contributed by atoms with Gasteiger partial charge in [-0.2, -0.15) is 0 Å². The number of rotatable bonds is 5. The number of amides is 2. The number of hydrogen-bond donors (Lipinski definition) is 0. The van der Waals surface area contributed by atoms with Crippen molar-refractivity contribution >= 4 is 23.2 Å². The first-order chi connectivity index (χ1) is 20.0. The summed E-state index contributed by atoms with van der Waals surface area (Å²) in [5.41, 5.74) is 6.91. The summed E-state index contributed by atoms with van der Waals surface area (Å²) in [6.45, 7) is 5.96. The Bertz CT molecular complexity index is 1340. The maximum Gasteiger partial charge on any atom is 0.254 e. The molecule has 7 heteroatoms. The molecule has 0 aliphatic carbocycles. The third-order valence-electron chi connectivity index (χ3n) is 8.30. The number of carbonyl (C=O) groups is 2. The number of fused-ring (bicyclic) bond motifs is 1. The van der Waals surface area contributed by atoms with Crippen LogP contribution < -0.4 is 9.80 Å². The van der Waals surface area contributed by atoms with E-state index in [-0.39, 0.29) is 18.4 Å². The third kappa shape index (κ3) is 6.96. The lowest BCUT2D eigenvalue weighted by Crippen LogP contribution is -2.37. The van der Waals surface area contributed by atoms with Crippen LogP contribution in [0.15, 0.2) is 60.9 Å². The van der Waals surface area contributed by atoms with Gasteiger partial charge in [0.15, 0.2) is 0 Å². The Kier molecular flexibility index (Phi) is 9.67. The molecule has 1 saturated heterocycles. The predicted molar refractivity (Wildman–Crippen MR) is 164 cm³/mol. The zero-order valence-corrected chi connectivity index (χ0v) is 24.5. The molecule has 0 saturated carbocycles. The molecule has 0 atom stereocenters. The minimum atomic E-state index is -0.0633. The third-order valence-corrected chi connectivity index (χ3v) is 8.30. The van der Waals surface area contributed by atoms with Crippen molar-refractivity contribution in [2.75, 3.05) is 49.7 Å². The van der Waals surface area contributed by atoms with E-state index in [9.17, 15) is 9.59 Å². The average Bonchev–Trinajstić information content (AvgIpc) is 3.53. The Hall–Kier alpha value is -3.71. The monoisotopic (exact) mass is 554 g/mol. The predicted octanol–water partition coefficient (Wildman–Crippen LogP) is 6.24. The first-order valence-electron chi connectivity index (χ1n) is 15.0. The van der Waals surface area contributed by atoms with Gasteiger partial charge in [-0.3, -0.25) is 14.6 Å². The van der Waals surface area contributed by atoms with Crippen molar-refractivity contribution in [3.05, 3.63) is 77.6 Å². The second kappa shape index (κ2) is 13.8. The summed E-state index contributed by atoms with van der Waals surface area (Å²) >= 11 is 0. The van der Waals surface area contributed by atoms with Crippen molar-refractivity contribution < 1.29 is 14.3 Å². The molecule has 0 N–H and O–H groups in total. The summed E-state index contributed by atoms with van der Waals surface area (Å²) < 4.78 is 5.25. The van der Waals surface area contributed by atoms with Crippen molar-refractivity contribution in [1.29, 1.82) is 0 Å². The van der Waals surface area contributed by atoms with Gasteiger partial charge < -0.3 is 19.4 Å². The highest BCUT2D eigenvalue weighted by molar-refractivity contribution is 5.97. The van der Waals surface area contributed by atoms with Gasteiger partial charge in [0.1, 0.15) is 6.61 Å². The summed E-state index contributed by atoms with van der Waals surface area (Å²) in [4.78, 5) is 38.0. The fourth-order valence-electron chi connectivity index (χ4n) is 6.05. The van der Waals surface area contributed by atoms with Crippen molar-refractivity contribution in [2.24, 2.45) is 0 Å². The highest BCUT2D eigenvalue weighted by Gasteiger charge is 2.24. The van der Waals surface area contributed by atoms with Crippen LogP contribution in [0.1, 0.15) is 66.4 Å². The van der Waals surface area contributed by atoms with E-state index in [2.05, 4.69) is 35.0 Å². The molecule has 0 spiro atoms. The fraction of sp³-hybridized carbons (Fsp3) is 0.441. The highest BCUT2D eigenvalue weighted by Crippen LogP contribution is 2.31. The van der Waals surface area contributed by atoms with Crippen molar-refractivity contribution in [1.82, 2.24) is 9.88 Å². The van der Waals surface area contributed by atoms with E-state index < -0.39 is 0 Å². The van der Waals surface area contributed by atoms with E-state index in [1.165, 1.54) is 24.1 Å². The molecule has 0 radical (unpaired) electrons. The first kappa shape index (κ1) is 28.8. The van der Waals surface area contributed by atoms with Crippen molar-refractivity contribution in [3.8, 4) is 11.1 Å². The molecule has 7 nitrogen and oxygen atoms in total. The molecule has 1 fully saturated rings. The Morgan fingerprint density at radius 3 is 2.34 bits per heavy atom. The van der Waals surface area contributed by atoms with Crippen molar-refractivity contribution in [2.45, 2.75) is 58.4 Å². The normalized spacial score (nSPS) is 16.6. The van der Waals surface area contributed by atoms with Crippen LogP contribution in [-0.2, 0) is 16.1 Å². The molecule has 1 aromatic heterocycles. The second-order valence-corrected chi connectivity index (χ2v) is 11.3. The second-order valence-electron chi connectivity index (χ2n) is 11.3. The number of methoxy groups -OCH3 is 1. The molecule has 2 amide bonds. The largest absolute Gasteiger partial charge is 0.375 e. The molecule has 0 bridgehead atoms. The van der Waals surface area contributed by atoms with Crippen LogP contribution >= 0.6 is 0 Å². The minimum Gasteiger partial charge on any atom is -0.375 e. The van der Waals surface area contributed by atoms with Gasteiger partial charge in [-0.15, -0.1) is 0 Å². The molecule has 216 valence electrons. The lowest BCUT2D eigenvalue weighted by Gasteiger charge is -2.30. The Balaban J connectivity index is 1.54. The fourth-order valence-corrected chi connectivity index (χ4v) is 6.05. The maximum atomic E-state index is 14.2. The minimum absolute atomic E-state index is 0.0229. The van der Waals surface area contributed by atoms with E-state index in [1.54, 1.807) is 13.3 Å². The molecule has 3 aromatic rings. The summed E-state index contributed by atoms with van der Waals surface area (Å²) in [7, 11) is 1.55. The van der Waals surface area contributed by atoms with Crippen LogP contribution in [0.3, 0.4) is 0 Å². The number of pyridine rings is 1. The molecular weight excluding hydrogens is 512 g/mol. The van der Waals surface area contributed by atoms with Gasteiger partial charge in [-0.1, -0.05) is 37.5 Å². The van der Waals surface area contributed by atoms with Crippen LogP contribution in [0.5, 0.6) is 0 Å². The lowest BCUT2D eigenvalue weighted by atomic mass is 10.0. The van der Waals surface area contributed by atoms with Crippen LogP contribution in [0.2, 0.25) is 0 Å². The van der Waals surface area contributed by atoms with E-state index in [4.69, 9.17) is 4.74 Å². The smallest absolute Gasteiger partial charge is 0.254 e. The number of hydrogen-bond acceptors (Lipinski definition) is 5. The Morgan fingerprint density at radius 2 is 1.59 bits per heavy atom. The maximum absolute atomic E-state index is 14.2. The van der Waals surface area contributed by atoms with Crippen LogP contribution in [-0.4, -0.2) is 61.6 Å².